The highest BCUT2D eigenvalue weighted by Crippen LogP contribution is 2.27. The summed E-state index contributed by atoms with van der Waals surface area (Å²) in [7, 11) is 0. The van der Waals surface area contributed by atoms with E-state index in [1.54, 1.807) is 0 Å². The van der Waals surface area contributed by atoms with Gasteiger partial charge >= 0.3 is 11.9 Å². The molecule has 0 spiro atoms. The van der Waals surface area contributed by atoms with Crippen LogP contribution in [0.5, 0.6) is 0 Å². The monoisotopic (exact) mass is 187 g/mol. The minimum absolute atomic E-state index is 0.359. The maximum atomic E-state index is 10.5. The second-order valence-corrected chi connectivity index (χ2v) is 3.34. The van der Waals surface area contributed by atoms with Crippen molar-refractivity contribution in [2.45, 2.75) is 25.3 Å². The molecule has 5 nitrogen and oxygen atoms in total. The van der Waals surface area contributed by atoms with Gasteiger partial charge in [0.1, 0.15) is 6.04 Å². The van der Waals surface area contributed by atoms with E-state index in [1.165, 1.54) is 0 Å². The van der Waals surface area contributed by atoms with Gasteiger partial charge in [-0.05, 0) is 25.3 Å². The van der Waals surface area contributed by atoms with Gasteiger partial charge in [0.25, 0.3) is 0 Å². The molecule has 0 saturated heterocycles. The minimum Gasteiger partial charge on any atom is -0.481 e. The molecular formula is C8H13NO4. The Balaban J connectivity index is 2.27. The SMILES string of the molecule is O=C(O)C[C@H](NCC1CC1)C(=O)O. The molecule has 0 aromatic heterocycles. The number of hydrogen-bond acceptors (Lipinski definition) is 3. The fraction of sp³-hybridized carbons (Fsp3) is 0.750. The van der Waals surface area contributed by atoms with Crippen LogP contribution in [0.15, 0.2) is 0 Å². The second kappa shape index (κ2) is 4.23. The van der Waals surface area contributed by atoms with Gasteiger partial charge in [-0.2, -0.15) is 0 Å². The highest BCUT2D eigenvalue weighted by Gasteiger charge is 2.25. The van der Waals surface area contributed by atoms with Crippen LogP contribution in [0.4, 0.5) is 0 Å². The van der Waals surface area contributed by atoms with E-state index < -0.39 is 18.0 Å². The van der Waals surface area contributed by atoms with Crippen molar-refractivity contribution < 1.29 is 19.8 Å². The topological polar surface area (TPSA) is 86.6 Å². The molecule has 0 heterocycles. The van der Waals surface area contributed by atoms with Crippen molar-refractivity contribution in [1.29, 1.82) is 0 Å². The highest BCUT2D eigenvalue weighted by molar-refractivity contribution is 5.80. The second-order valence-electron chi connectivity index (χ2n) is 3.34. The van der Waals surface area contributed by atoms with Gasteiger partial charge in [-0.1, -0.05) is 0 Å². The van der Waals surface area contributed by atoms with E-state index in [4.69, 9.17) is 10.2 Å². The Morgan fingerprint density at radius 3 is 2.38 bits per heavy atom. The summed E-state index contributed by atoms with van der Waals surface area (Å²) in [5, 5.41) is 19.8. The van der Waals surface area contributed by atoms with Crippen LogP contribution < -0.4 is 5.32 Å². The van der Waals surface area contributed by atoms with Gasteiger partial charge in [0.05, 0.1) is 6.42 Å². The molecule has 3 N–H and O–H groups in total. The lowest BCUT2D eigenvalue weighted by Crippen LogP contribution is -2.39. The van der Waals surface area contributed by atoms with Gasteiger partial charge in [-0.15, -0.1) is 0 Å². The zero-order valence-electron chi connectivity index (χ0n) is 7.19. The third kappa shape index (κ3) is 3.89. The Kier molecular flexibility index (Phi) is 3.25. The summed E-state index contributed by atoms with van der Waals surface area (Å²) in [6, 6.07) is -0.946. The number of aliphatic carboxylic acids is 2. The van der Waals surface area contributed by atoms with Crippen molar-refractivity contribution in [1.82, 2.24) is 5.32 Å². The summed E-state index contributed by atoms with van der Waals surface area (Å²) in [5.41, 5.74) is 0. The molecule has 1 aliphatic carbocycles. The van der Waals surface area contributed by atoms with Crippen molar-refractivity contribution in [2.75, 3.05) is 6.54 Å². The minimum atomic E-state index is -1.09. The standard InChI is InChI=1S/C8H13NO4/c10-7(11)3-6(8(12)13)9-4-5-1-2-5/h5-6,9H,1-4H2,(H,10,11)(H,12,13)/t6-/m0/s1. The Morgan fingerprint density at radius 1 is 1.38 bits per heavy atom. The van der Waals surface area contributed by atoms with E-state index in [1.807, 2.05) is 0 Å². The molecular weight excluding hydrogens is 174 g/mol. The average molecular weight is 187 g/mol. The third-order valence-corrected chi connectivity index (χ3v) is 2.03. The quantitative estimate of drug-likeness (QED) is 0.541. The predicted octanol–water partition coefficient (Wildman–Crippen LogP) is -0.0861. The molecule has 0 radical (unpaired) electrons. The van der Waals surface area contributed by atoms with E-state index in [0.717, 1.165) is 12.8 Å². The van der Waals surface area contributed by atoms with Crippen LogP contribution in [0.1, 0.15) is 19.3 Å². The molecule has 0 amide bonds. The highest BCUT2D eigenvalue weighted by atomic mass is 16.4. The first kappa shape index (κ1) is 9.98. The van der Waals surface area contributed by atoms with Gasteiger partial charge in [-0.3, -0.25) is 9.59 Å². The Labute approximate surface area is 75.7 Å². The molecule has 13 heavy (non-hydrogen) atoms. The molecule has 0 aliphatic heterocycles. The molecule has 0 aromatic carbocycles. The van der Waals surface area contributed by atoms with Gasteiger partial charge < -0.3 is 15.5 Å². The van der Waals surface area contributed by atoms with Gasteiger partial charge in [0.2, 0.25) is 0 Å². The van der Waals surface area contributed by atoms with Crippen LogP contribution in [-0.4, -0.2) is 34.7 Å². The van der Waals surface area contributed by atoms with Crippen molar-refractivity contribution in [3.63, 3.8) is 0 Å². The number of carboxylic acid groups (broad SMARTS) is 2. The third-order valence-electron chi connectivity index (χ3n) is 2.03. The van der Waals surface area contributed by atoms with Crippen LogP contribution in [-0.2, 0) is 9.59 Å². The van der Waals surface area contributed by atoms with E-state index in [-0.39, 0.29) is 6.42 Å². The van der Waals surface area contributed by atoms with E-state index in [9.17, 15) is 9.59 Å². The number of carbonyl (C=O) groups is 2. The van der Waals surface area contributed by atoms with Crippen molar-refractivity contribution in [3.05, 3.63) is 0 Å². The largest absolute Gasteiger partial charge is 0.481 e. The number of hydrogen-bond donors (Lipinski definition) is 3. The first-order valence-electron chi connectivity index (χ1n) is 4.27. The van der Waals surface area contributed by atoms with Crippen LogP contribution in [0.25, 0.3) is 0 Å². The summed E-state index contributed by atoms with van der Waals surface area (Å²) in [4.78, 5) is 20.8. The fourth-order valence-corrected chi connectivity index (χ4v) is 1.05. The maximum Gasteiger partial charge on any atom is 0.321 e. The fourth-order valence-electron chi connectivity index (χ4n) is 1.05. The number of carboxylic acids is 2. The summed E-state index contributed by atoms with van der Waals surface area (Å²) < 4.78 is 0. The van der Waals surface area contributed by atoms with Gasteiger partial charge in [0, 0.05) is 0 Å². The van der Waals surface area contributed by atoms with E-state index >= 15 is 0 Å². The Hall–Kier alpha value is -1.10. The van der Waals surface area contributed by atoms with Crippen LogP contribution in [0, 0.1) is 5.92 Å². The average Bonchev–Trinajstić information content (AvgIpc) is 2.79. The molecule has 5 heteroatoms. The Bertz CT molecular complexity index is 212. The molecule has 1 rings (SSSR count). The van der Waals surface area contributed by atoms with Crippen molar-refractivity contribution in [3.8, 4) is 0 Å². The molecule has 0 aromatic rings. The van der Waals surface area contributed by atoms with Crippen LogP contribution >= 0.6 is 0 Å². The van der Waals surface area contributed by atoms with Gasteiger partial charge in [-0.25, -0.2) is 0 Å². The first-order valence-corrected chi connectivity index (χ1v) is 4.27. The maximum absolute atomic E-state index is 10.5. The molecule has 1 aliphatic rings. The summed E-state index contributed by atoms with van der Waals surface area (Å²) in [6.45, 7) is 0.615. The smallest absolute Gasteiger partial charge is 0.321 e. The molecule has 1 atom stereocenters. The van der Waals surface area contributed by atoms with Gasteiger partial charge in [0.15, 0.2) is 0 Å². The molecule has 1 fully saturated rings. The zero-order valence-corrected chi connectivity index (χ0v) is 7.19. The van der Waals surface area contributed by atoms with Crippen molar-refractivity contribution in [2.24, 2.45) is 5.92 Å². The molecule has 0 unspecified atom stereocenters. The van der Waals surface area contributed by atoms with Crippen LogP contribution in [0.2, 0.25) is 0 Å². The predicted molar refractivity (Wildman–Crippen MR) is 44.4 cm³/mol. The lowest BCUT2D eigenvalue weighted by atomic mass is 10.2. The number of rotatable bonds is 6. The summed E-state index contributed by atoms with van der Waals surface area (Å²) >= 11 is 0. The molecule has 1 saturated carbocycles. The lowest BCUT2D eigenvalue weighted by molar-refractivity contribution is -0.145. The first-order chi connectivity index (χ1) is 6.09. The normalized spacial score (nSPS) is 18.2. The Morgan fingerprint density at radius 2 is 2.00 bits per heavy atom. The summed E-state index contributed by atoms with van der Waals surface area (Å²) in [5.74, 6) is -1.63. The lowest BCUT2D eigenvalue weighted by Gasteiger charge is -2.11. The van der Waals surface area contributed by atoms with E-state index in [0.29, 0.717) is 12.5 Å². The van der Waals surface area contributed by atoms with Crippen molar-refractivity contribution >= 4 is 11.9 Å². The molecule has 74 valence electrons. The summed E-state index contributed by atoms with van der Waals surface area (Å²) in [6.07, 6.45) is 1.88. The zero-order chi connectivity index (χ0) is 9.84. The van der Waals surface area contributed by atoms with Crippen LogP contribution in [0.3, 0.4) is 0 Å². The molecule has 0 bridgehead atoms. The number of nitrogens with one attached hydrogen (secondary N) is 1. The van der Waals surface area contributed by atoms with E-state index in [2.05, 4.69) is 5.32 Å².